The van der Waals surface area contributed by atoms with Gasteiger partial charge in [0.25, 0.3) is 5.91 Å². The Morgan fingerprint density at radius 1 is 0.923 bits per heavy atom. The van der Waals surface area contributed by atoms with Crippen molar-refractivity contribution in [3.05, 3.63) is 84.1 Å². The SMILES string of the molecule is Cn1c(C(=O)N2C[C@H](c3ccccc3)[C@@H](N)C2)ccc1-c1ccccc1. The fraction of sp³-hybridized carbons (Fsp3) is 0.227. The second kappa shape index (κ2) is 6.81. The molecule has 1 aliphatic rings. The quantitative estimate of drug-likeness (QED) is 0.792. The number of carbonyl (C=O) groups is 1. The highest BCUT2D eigenvalue weighted by atomic mass is 16.2. The maximum absolute atomic E-state index is 13.1. The molecule has 0 radical (unpaired) electrons. The van der Waals surface area contributed by atoms with Gasteiger partial charge in [-0.25, -0.2) is 0 Å². The van der Waals surface area contributed by atoms with Crippen molar-refractivity contribution in [3.8, 4) is 11.3 Å². The first-order chi connectivity index (χ1) is 12.6. The maximum atomic E-state index is 13.1. The van der Waals surface area contributed by atoms with Crippen molar-refractivity contribution in [1.82, 2.24) is 9.47 Å². The van der Waals surface area contributed by atoms with Crippen molar-refractivity contribution < 1.29 is 4.79 Å². The monoisotopic (exact) mass is 345 g/mol. The van der Waals surface area contributed by atoms with Crippen molar-refractivity contribution >= 4 is 5.91 Å². The predicted molar refractivity (Wildman–Crippen MR) is 104 cm³/mol. The Balaban J connectivity index is 1.57. The van der Waals surface area contributed by atoms with Crippen LogP contribution in [0.25, 0.3) is 11.3 Å². The molecule has 4 heteroatoms. The number of nitrogens with zero attached hydrogens (tertiary/aromatic N) is 2. The van der Waals surface area contributed by atoms with Crippen LogP contribution in [0.3, 0.4) is 0 Å². The molecule has 2 atom stereocenters. The molecule has 2 N–H and O–H groups in total. The summed E-state index contributed by atoms with van der Waals surface area (Å²) in [6.07, 6.45) is 0. The van der Waals surface area contributed by atoms with Crippen LogP contribution in [0.5, 0.6) is 0 Å². The molecular formula is C22H23N3O. The molecule has 26 heavy (non-hydrogen) atoms. The number of amides is 1. The summed E-state index contributed by atoms with van der Waals surface area (Å²) in [5.41, 5.74) is 10.4. The largest absolute Gasteiger partial charge is 0.340 e. The summed E-state index contributed by atoms with van der Waals surface area (Å²) in [5, 5.41) is 0. The minimum atomic E-state index is -0.0322. The lowest BCUT2D eigenvalue weighted by molar-refractivity contribution is 0.0780. The van der Waals surface area contributed by atoms with Gasteiger partial charge in [-0.15, -0.1) is 0 Å². The molecule has 132 valence electrons. The van der Waals surface area contributed by atoms with Gasteiger partial charge in [0.05, 0.1) is 0 Å². The Morgan fingerprint density at radius 2 is 1.58 bits per heavy atom. The van der Waals surface area contributed by atoms with E-state index < -0.39 is 0 Å². The van der Waals surface area contributed by atoms with Gasteiger partial charge in [0.1, 0.15) is 5.69 Å². The maximum Gasteiger partial charge on any atom is 0.270 e. The van der Waals surface area contributed by atoms with Gasteiger partial charge in [0.15, 0.2) is 0 Å². The minimum absolute atomic E-state index is 0.0322. The van der Waals surface area contributed by atoms with Crippen molar-refractivity contribution in [2.75, 3.05) is 13.1 Å². The summed E-state index contributed by atoms with van der Waals surface area (Å²) in [6.45, 7) is 1.25. The van der Waals surface area contributed by atoms with Crippen LogP contribution < -0.4 is 5.73 Å². The summed E-state index contributed by atoms with van der Waals surface area (Å²) in [5.74, 6) is 0.234. The van der Waals surface area contributed by atoms with Gasteiger partial charge in [0.2, 0.25) is 0 Å². The molecule has 2 aromatic carbocycles. The van der Waals surface area contributed by atoms with Crippen molar-refractivity contribution in [2.24, 2.45) is 12.8 Å². The molecule has 2 heterocycles. The first-order valence-electron chi connectivity index (χ1n) is 8.96. The molecule has 0 saturated carbocycles. The Kier molecular flexibility index (Phi) is 4.35. The van der Waals surface area contributed by atoms with E-state index >= 15 is 0 Å². The third-order valence-electron chi connectivity index (χ3n) is 5.29. The first-order valence-corrected chi connectivity index (χ1v) is 8.96. The second-order valence-electron chi connectivity index (χ2n) is 6.92. The Labute approximate surface area is 153 Å². The van der Waals surface area contributed by atoms with Crippen LogP contribution >= 0.6 is 0 Å². The van der Waals surface area contributed by atoms with Crippen molar-refractivity contribution in [1.29, 1.82) is 0 Å². The Bertz CT molecular complexity index is 902. The highest BCUT2D eigenvalue weighted by Gasteiger charge is 2.35. The van der Waals surface area contributed by atoms with E-state index in [1.807, 2.05) is 65.0 Å². The molecule has 4 rings (SSSR count). The van der Waals surface area contributed by atoms with E-state index in [-0.39, 0.29) is 17.9 Å². The van der Waals surface area contributed by atoms with Gasteiger partial charge in [0, 0.05) is 37.8 Å². The standard InChI is InChI=1S/C22H23N3O/c1-24-20(17-10-6-3-7-11-17)12-13-21(24)22(26)25-14-18(19(23)15-25)16-8-4-2-5-9-16/h2-13,18-19H,14-15,23H2,1H3/t18-,19+/m1/s1. The van der Waals surface area contributed by atoms with Crippen molar-refractivity contribution in [3.63, 3.8) is 0 Å². The van der Waals surface area contributed by atoms with Crippen LogP contribution in [0.15, 0.2) is 72.8 Å². The number of hydrogen-bond donors (Lipinski definition) is 1. The molecule has 1 amide bonds. The smallest absolute Gasteiger partial charge is 0.270 e. The summed E-state index contributed by atoms with van der Waals surface area (Å²) in [7, 11) is 1.94. The molecular weight excluding hydrogens is 322 g/mol. The predicted octanol–water partition coefficient (Wildman–Crippen LogP) is 3.26. The molecule has 0 aliphatic carbocycles. The first kappa shape index (κ1) is 16.6. The molecule has 1 aromatic heterocycles. The summed E-state index contributed by atoms with van der Waals surface area (Å²) < 4.78 is 1.97. The average molecular weight is 345 g/mol. The van der Waals surface area contributed by atoms with Gasteiger partial charge in [-0.05, 0) is 23.3 Å². The summed E-state index contributed by atoms with van der Waals surface area (Å²) >= 11 is 0. The van der Waals surface area contributed by atoms with E-state index in [2.05, 4.69) is 24.3 Å². The number of benzene rings is 2. The number of rotatable bonds is 3. The number of likely N-dealkylation sites (tertiary alicyclic amines) is 1. The lowest BCUT2D eigenvalue weighted by atomic mass is 9.95. The molecule has 0 bridgehead atoms. The fourth-order valence-corrected chi connectivity index (χ4v) is 3.83. The van der Waals surface area contributed by atoms with Gasteiger partial charge < -0.3 is 15.2 Å². The van der Waals surface area contributed by atoms with Crippen molar-refractivity contribution in [2.45, 2.75) is 12.0 Å². The minimum Gasteiger partial charge on any atom is -0.340 e. The van der Waals surface area contributed by atoms with E-state index in [0.29, 0.717) is 18.8 Å². The lowest BCUT2D eigenvalue weighted by Crippen LogP contribution is -2.33. The van der Waals surface area contributed by atoms with E-state index in [1.54, 1.807) is 0 Å². The second-order valence-corrected chi connectivity index (χ2v) is 6.92. The molecule has 0 unspecified atom stereocenters. The van der Waals surface area contributed by atoms with Crippen LogP contribution in [0, 0.1) is 0 Å². The van der Waals surface area contributed by atoms with Crippen LogP contribution in [-0.2, 0) is 7.05 Å². The van der Waals surface area contributed by atoms with Gasteiger partial charge in [-0.1, -0.05) is 60.7 Å². The van der Waals surface area contributed by atoms with E-state index in [4.69, 9.17) is 5.73 Å². The van der Waals surface area contributed by atoms with Crippen LogP contribution in [0.2, 0.25) is 0 Å². The third-order valence-corrected chi connectivity index (χ3v) is 5.29. The highest BCUT2D eigenvalue weighted by Crippen LogP contribution is 2.28. The molecule has 1 aliphatic heterocycles. The molecule has 3 aromatic rings. The number of nitrogens with two attached hydrogens (primary N) is 1. The van der Waals surface area contributed by atoms with Gasteiger partial charge in [-0.2, -0.15) is 0 Å². The van der Waals surface area contributed by atoms with E-state index in [0.717, 1.165) is 11.3 Å². The van der Waals surface area contributed by atoms with Crippen LogP contribution in [0.4, 0.5) is 0 Å². The normalized spacial score (nSPS) is 19.7. The van der Waals surface area contributed by atoms with Crippen LogP contribution in [-0.4, -0.2) is 34.5 Å². The van der Waals surface area contributed by atoms with E-state index in [1.165, 1.54) is 5.56 Å². The molecule has 1 saturated heterocycles. The summed E-state index contributed by atoms with van der Waals surface area (Å²) in [4.78, 5) is 15.0. The number of hydrogen-bond acceptors (Lipinski definition) is 2. The molecule has 0 spiro atoms. The van der Waals surface area contributed by atoms with Gasteiger partial charge >= 0.3 is 0 Å². The number of aromatic nitrogens is 1. The number of carbonyl (C=O) groups excluding carboxylic acids is 1. The Morgan fingerprint density at radius 3 is 2.27 bits per heavy atom. The average Bonchev–Trinajstić information content (AvgIpc) is 3.25. The zero-order chi connectivity index (χ0) is 18.1. The van der Waals surface area contributed by atoms with Crippen LogP contribution in [0.1, 0.15) is 22.0 Å². The fourth-order valence-electron chi connectivity index (χ4n) is 3.83. The van der Waals surface area contributed by atoms with Gasteiger partial charge in [-0.3, -0.25) is 4.79 Å². The molecule has 1 fully saturated rings. The zero-order valence-electron chi connectivity index (χ0n) is 14.9. The Hall–Kier alpha value is -2.85. The summed E-state index contributed by atoms with van der Waals surface area (Å²) in [6, 6.07) is 24.2. The van der Waals surface area contributed by atoms with E-state index in [9.17, 15) is 4.79 Å². The topological polar surface area (TPSA) is 51.3 Å². The lowest BCUT2D eigenvalue weighted by Gasteiger charge is -2.17. The third kappa shape index (κ3) is 2.93. The highest BCUT2D eigenvalue weighted by molar-refractivity contribution is 5.94. The zero-order valence-corrected chi connectivity index (χ0v) is 14.9. The molecule has 4 nitrogen and oxygen atoms in total.